The van der Waals surface area contributed by atoms with E-state index in [9.17, 15) is 8.42 Å². The van der Waals surface area contributed by atoms with E-state index in [1.54, 1.807) is 12.1 Å². The SMILES string of the molecule is O=S(=O)(NC1CC2CCC1C2)c1ccc(CCCl)cc1. The summed E-state index contributed by atoms with van der Waals surface area (Å²) in [7, 11) is -3.38. The maximum Gasteiger partial charge on any atom is 0.240 e. The molecule has 1 aromatic rings. The fourth-order valence-corrected chi connectivity index (χ4v) is 5.14. The van der Waals surface area contributed by atoms with Crippen molar-refractivity contribution in [3.63, 3.8) is 0 Å². The van der Waals surface area contributed by atoms with Crippen LogP contribution in [0.5, 0.6) is 0 Å². The molecule has 0 radical (unpaired) electrons. The molecule has 110 valence electrons. The van der Waals surface area contributed by atoms with Crippen molar-refractivity contribution in [3.05, 3.63) is 29.8 Å². The van der Waals surface area contributed by atoms with E-state index in [0.29, 0.717) is 16.7 Å². The van der Waals surface area contributed by atoms with Gasteiger partial charge >= 0.3 is 0 Å². The molecule has 0 amide bonds. The molecule has 2 saturated carbocycles. The van der Waals surface area contributed by atoms with Crippen LogP contribution in [0, 0.1) is 11.8 Å². The molecule has 0 heterocycles. The van der Waals surface area contributed by atoms with Crippen LogP contribution in [-0.4, -0.2) is 20.3 Å². The molecule has 0 saturated heterocycles. The Morgan fingerprint density at radius 2 is 1.90 bits per heavy atom. The molecule has 2 aliphatic carbocycles. The van der Waals surface area contributed by atoms with Gasteiger partial charge in [-0.25, -0.2) is 13.1 Å². The zero-order chi connectivity index (χ0) is 14.2. The lowest BCUT2D eigenvalue weighted by Crippen LogP contribution is -2.38. The second-order valence-electron chi connectivity index (χ2n) is 5.99. The first-order valence-electron chi connectivity index (χ1n) is 7.26. The number of nitrogens with one attached hydrogen (secondary N) is 1. The number of rotatable bonds is 5. The molecular weight excluding hydrogens is 294 g/mol. The lowest BCUT2D eigenvalue weighted by Gasteiger charge is -2.22. The molecule has 1 N–H and O–H groups in total. The summed E-state index contributed by atoms with van der Waals surface area (Å²) in [6, 6.07) is 7.19. The van der Waals surface area contributed by atoms with Crippen LogP contribution in [0.25, 0.3) is 0 Å². The Kier molecular flexibility index (Phi) is 4.07. The molecule has 3 atom stereocenters. The fraction of sp³-hybridized carbons (Fsp3) is 0.600. The quantitative estimate of drug-likeness (QED) is 0.850. The number of alkyl halides is 1. The minimum atomic E-state index is -3.38. The number of benzene rings is 1. The molecule has 0 aromatic heterocycles. The Labute approximate surface area is 125 Å². The number of hydrogen-bond acceptors (Lipinski definition) is 2. The average molecular weight is 314 g/mol. The van der Waals surface area contributed by atoms with E-state index in [2.05, 4.69) is 4.72 Å². The van der Waals surface area contributed by atoms with Crippen LogP contribution < -0.4 is 4.72 Å². The Hall–Kier alpha value is -0.580. The van der Waals surface area contributed by atoms with E-state index in [1.165, 1.54) is 19.3 Å². The minimum Gasteiger partial charge on any atom is -0.208 e. The highest BCUT2D eigenvalue weighted by atomic mass is 35.5. The highest BCUT2D eigenvalue weighted by Crippen LogP contribution is 2.44. The first-order chi connectivity index (χ1) is 9.58. The normalized spacial score (nSPS) is 28.9. The third kappa shape index (κ3) is 2.87. The molecule has 3 nitrogen and oxygen atoms in total. The summed E-state index contributed by atoms with van der Waals surface area (Å²) in [6.45, 7) is 0. The van der Waals surface area contributed by atoms with Gasteiger partial charge in [0.15, 0.2) is 0 Å². The monoisotopic (exact) mass is 313 g/mol. The average Bonchev–Trinajstić information content (AvgIpc) is 3.01. The number of hydrogen-bond donors (Lipinski definition) is 1. The first-order valence-corrected chi connectivity index (χ1v) is 9.27. The lowest BCUT2D eigenvalue weighted by atomic mass is 9.96. The molecule has 1 aromatic carbocycles. The standard InChI is InChI=1S/C15H20ClNO2S/c16-8-7-11-2-5-14(6-3-11)20(18,19)17-15-10-12-1-4-13(15)9-12/h2-3,5-6,12-13,15,17H,1,4,7-10H2. The summed E-state index contributed by atoms with van der Waals surface area (Å²) in [5.74, 6) is 1.83. The van der Waals surface area contributed by atoms with Gasteiger partial charge in [0.05, 0.1) is 4.90 Å². The largest absolute Gasteiger partial charge is 0.240 e. The number of halogens is 1. The Balaban J connectivity index is 1.71. The van der Waals surface area contributed by atoms with Crippen molar-refractivity contribution < 1.29 is 8.42 Å². The van der Waals surface area contributed by atoms with E-state index < -0.39 is 10.0 Å². The summed E-state index contributed by atoms with van der Waals surface area (Å²) >= 11 is 5.68. The van der Waals surface area contributed by atoms with Crippen molar-refractivity contribution in [2.24, 2.45) is 11.8 Å². The number of sulfonamides is 1. The van der Waals surface area contributed by atoms with E-state index in [1.807, 2.05) is 12.1 Å². The van der Waals surface area contributed by atoms with Gasteiger partial charge in [-0.1, -0.05) is 18.6 Å². The van der Waals surface area contributed by atoms with Gasteiger partial charge in [0, 0.05) is 11.9 Å². The van der Waals surface area contributed by atoms with Crippen LogP contribution in [0.3, 0.4) is 0 Å². The molecule has 2 bridgehead atoms. The molecule has 3 unspecified atom stereocenters. The van der Waals surface area contributed by atoms with Crippen LogP contribution in [-0.2, 0) is 16.4 Å². The van der Waals surface area contributed by atoms with Crippen LogP contribution in [0.2, 0.25) is 0 Å². The molecule has 2 aliphatic rings. The Morgan fingerprint density at radius 3 is 2.45 bits per heavy atom. The van der Waals surface area contributed by atoms with E-state index in [4.69, 9.17) is 11.6 Å². The van der Waals surface area contributed by atoms with Crippen molar-refractivity contribution in [2.75, 3.05) is 5.88 Å². The maximum atomic E-state index is 12.4. The van der Waals surface area contributed by atoms with E-state index in [0.717, 1.165) is 24.3 Å². The van der Waals surface area contributed by atoms with Gasteiger partial charge in [0.2, 0.25) is 10.0 Å². The summed E-state index contributed by atoms with van der Waals surface area (Å²) < 4.78 is 27.7. The van der Waals surface area contributed by atoms with Gasteiger partial charge in [-0.2, -0.15) is 0 Å². The van der Waals surface area contributed by atoms with Gasteiger partial charge < -0.3 is 0 Å². The van der Waals surface area contributed by atoms with Crippen LogP contribution in [0.1, 0.15) is 31.2 Å². The molecule has 2 fully saturated rings. The highest BCUT2D eigenvalue weighted by Gasteiger charge is 2.41. The molecule has 3 rings (SSSR count). The molecule has 20 heavy (non-hydrogen) atoms. The van der Waals surface area contributed by atoms with Gasteiger partial charge in [-0.15, -0.1) is 11.6 Å². The van der Waals surface area contributed by atoms with Gasteiger partial charge in [0.25, 0.3) is 0 Å². The van der Waals surface area contributed by atoms with E-state index >= 15 is 0 Å². The Morgan fingerprint density at radius 1 is 1.15 bits per heavy atom. The summed E-state index contributed by atoms with van der Waals surface area (Å²) in [5.41, 5.74) is 1.07. The number of fused-ring (bicyclic) bond motifs is 2. The zero-order valence-electron chi connectivity index (χ0n) is 11.4. The van der Waals surface area contributed by atoms with Crippen molar-refractivity contribution >= 4 is 21.6 Å². The summed E-state index contributed by atoms with van der Waals surface area (Å²) in [5, 5.41) is 0. The fourth-order valence-electron chi connectivity index (χ4n) is 3.60. The topological polar surface area (TPSA) is 46.2 Å². The molecule has 0 aliphatic heterocycles. The smallest absolute Gasteiger partial charge is 0.208 e. The van der Waals surface area contributed by atoms with Crippen molar-refractivity contribution in [3.8, 4) is 0 Å². The zero-order valence-corrected chi connectivity index (χ0v) is 13.0. The first kappa shape index (κ1) is 14.4. The van der Waals surface area contributed by atoms with Crippen molar-refractivity contribution in [1.29, 1.82) is 0 Å². The van der Waals surface area contributed by atoms with Crippen LogP contribution in [0.15, 0.2) is 29.2 Å². The molecule has 0 spiro atoms. The second kappa shape index (κ2) is 5.66. The molecular formula is C15H20ClNO2S. The third-order valence-corrected chi connectivity index (χ3v) is 6.36. The molecule has 5 heteroatoms. The van der Waals surface area contributed by atoms with E-state index in [-0.39, 0.29) is 6.04 Å². The highest BCUT2D eigenvalue weighted by molar-refractivity contribution is 7.89. The van der Waals surface area contributed by atoms with Gasteiger partial charge in [-0.05, 0) is 55.2 Å². The van der Waals surface area contributed by atoms with Crippen LogP contribution in [0.4, 0.5) is 0 Å². The van der Waals surface area contributed by atoms with Crippen molar-refractivity contribution in [1.82, 2.24) is 4.72 Å². The van der Waals surface area contributed by atoms with Gasteiger partial charge in [0.1, 0.15) is 0 Å². The number of aryl methyl sites for hydroxylation is 1. The Bertz CT molecular complexity index is 570. The second-order valence-corrected chi connectivity index (χ2v) is 8.08. The third-order valence-electron chi connectivity index (χ3n) is 4.66. The summed E-state index contributed by atoms with van der Waals surface area (Å²) in [4.78, 5) is 0.360. The predicted molar refractivity (Wildman–Crippen MR) is 80.4 cm³/mol. The maximum absolute atomic E-state index is 12.4. The van der Waals surface area contributed by atoms with Gasteiger partial charge in [-0.3, -0.25) is 0 Å². The predicted octanol–water partition coefficient (Wildman–Crippen LogP) is 2.93. The van der Waals surface area contributed by atoms with Crippen LogP contribution >= 0.6 is 11.6 Å². The lowest BCUT2D eigenvalue weighted by molar-refractivity contribution is 0.390. The minimum absolute atomic E-state index is 0.140. The summed E-state index contributed by atoms with van der Waals surface area (Å²) in [6.07, 6.45) is 5.42. The van der Waals surface area contributed by atoms with Crippen molar-refractivity contribution in [2.45, 2.75) is 43.0 Å².